The second-order valence-corrected chi connectivity index (χ2v) is 6.90. The molecule has 9 heteroatoms. The minimum atomic E-state index is -0.813. The minimum absolute atomic E-state index is 0.0693. The first kappa shape index (κ1) is 21.5. The molecule has 3 N–H and O–H groups in total. The Morgan fingerprint density at radius 2 is 1.86 bits per heavy atom. The van der Waals surface area contributed by atoms with Crippen LogP contribution in [0.4, 0.5) is 10.6 Å². The van der Waals surface area contributed by atoms with E-state index in [1.54, 1.807) is 61.5 Å². The predicted molar refractivity (Wildman–Crippen MR) is 110 cm³/mol. The summed E-state index contributed by atoms with van der Waals surface area (Å²) in [5.74, 6) is -0.442. The van der Waals surface area contributed by atoms with Crippen molar-refractivity contribution in [1.82, 2.24) is 20.5 Å². The highest BCUT2D eigenvalue weighted by molar-refractivity contribution is 9.10. The molecule has 2 rings (SSSR count). The lowest BCUT2D eigenvalue weighted by molar-refractivity contribution is -0.126. The lowest BCUT2D eigenvalue weighted by atomic mass is 10.0. The van der Waals surface area contributed by atoms with Crippen LogP contribution in [0.5, 0.6) is 0 Å². The van der Waals surface area contributed by atoms with E-state index in [0.717, 1.165) is 4.47 Å². The lowest BCUT2D eigenvalue weighted by Crippen LogP contribution is -2.46. The molecule has 0 fully saturated rings. The molecule has 4 amide bonds. The highest BCUT2D eigenvalue weighted by atomic mass is 79.9. The van der Waals surface area contributed by atoms with E-state index in [1.165, 1.54) is 0 Å². The van der Waals surface area contributed by atoms with Crippen LogP contribution in [0, 0.1) is 0 Å². The third-order valence-electron chi connectivity index (χ3n) is 3.77. The fourth-order valence-corrected chi connectivity index (χ4v) is 2.81. The molecule has 1 aromatic carbocycles. The SMILES string of the molecule is CCNC(=O)NC(=O)C(c1ccccc1)N(C)CC(=O)Nc1ccc(Br)cn1. The van der Waals surface area contributed by atoms with Crippen molar-refractivity contribution in [2.75, 3.05) is 25.5 Å². The molecule has 0 saturated carbocycles. The van der Waals surface area contributed by atoms with E-state index in [0.29, 0.717) is 17.9 Å². The third kappa shape index (κ3) is 6.43. The normalized spacial score (nSPS) is 11.6. The first-order chi connectivity index (χ1) is 13.4. The molecule has 2 aromatic rings. The summed E-state index contributed by atoms with van der Waals surface area (Å²) >= 11 is 3.28. The van der Waals surface area contributed by atoms with Crippen molar-refractivity contribution in [1.29, 1.82) is 0 Å². The Morgan fingerprint density at radius 1 is 1.14 bits per heavy atom. The monoisotopic (exact) mass is 447 g/mol. The van der Waals surface area contributed by atoms with Crippen molar-refractivity contribution < 1.29 is 14.4 Å². The van der Waals surface area contributed by atoms with Crippen LogP contribution in [0.1, 0.15) is 18.5 Å². The maximum absolute atomic E-state index is 12.7. The summed E-state index contributed by atoms with van der Waals surface area (Å²) < 4.78 is 0.800. The van der Waals surface area contributed by atoms with E-state index in [9.17, 15) is 14.4 Å². The van der Waals surface area contributed by atoms with Crippen molar-refractivity contribution >= 4 is 39.6 Å². The maximum Gasteiger partial charge on any atom is 0.321 e. The zero-order valence-electron chi connectivity index (χ0n) is 15.6. The average Bonchev–Trinajstić information content (AvgIpc) is 2.64. The summed E-state index contributed by atoms with van der Waals surface area (Å²) in [5.41, 5.74) is 0.668. The fourth-order valence-electron chi connectivity index (χ4n) is 2.58. The first-order valence-corrected chi connectivity index (χ1v) is 9.45. The van der Waals surface area contributed by atoms with Gasteiger partial charge in [-0.15, -0.1) is 0 Å². The van der Waals surface area contributed by atoms with Crippen LogP contribution in [0.15, 0.2) is 53.1 Å². The number of likely N-dealkylation sites (N-methyl/N-ethyl adjacent to an activating group) is 1. The Labute approximate surface area is 171 Å². The Hall–Kier alpha value is -2.78. The van der Waals surface area contributed by atoms with Crippen LogP contribution in [0.2, 0.25) is 0 Å². The largest absolute Gasteiger partial charge is 0.338 e. The molecule has 1 atom stereocenters. The average molecular weight is 448 g/mol. The Morgan fingerprint density at radius 3 is 2.46 bits per heavy atom. The van der Waals surface area contributed by atoms with E-state index in [1.807, 2.05) is 6.07 Å². The van der Waals surface area contributed by atoms with Gasteiger partial charge in [-0.3, -0.25) is 19.8 Å². The third-order valence-corrected chi connectivity index (χ3v) is 4.24. The maximum atomic E-state index is 12.7. The molecule has 8 nitrogen and oxygen atoms in total. The van der Waals surface area contributed by atoms with Gasteiger partial charge in [-0.1, -0.05) is 30.3 Å². The van der Waals surface area contributed by atoms with Crippen LogP contribution in [0.25, 0.3) is 0 Å². The van der Waals surface area contributed by atoms with Crippen molar-refractivity contribution in [3.63, 3.8) is 0 Å². The van der Waals surface area contributed by atoms with Gasteiger partial charge in [0.25, 0.3) is 0 Å². The zero-order chi connectivity index (χ0) is 20.5. The van der Waals surface area contributed by atoms with E-state index in [4.69, 9.17) is 0 Å². The fraction of sp³-hybridized carbons (Fsp3) is 0.263. The molecule has 1 aromatic heterocycles. The molecule has 0 radical (unpaired) electrons. The number of pyridine rings is 1. The van der Waals surface area contributed by atoms with Crippen LogP contribution in [-0.4, -0.2) is 47.9 Å². The first-order valence-electron chi connectivity index (χ1n) is 8.66. The highest BCUT2D eigenvalue weighted by Crippen LogP contribution is 2.19. The van der Waals surface area contributed by atoms with Crippen molar-refractivity contribution in [2.45, 2.75) is 13.0 Å². The number of amides is 4. The smallest absolute Gasteiger partial charge is 0.321 e. The Kier molecular flexibility index (Phi) is 8.09. The standard InChI is InChI=1S/C19H22BrN5O3/c1-3-21-19(28)24-18(27)17(13-7-5-4-6-8-13)25(2)12-16(26)23-15-10-9-14(20)11-22-15/h4-11,17H,3,12H2,1-2H3,(H,22,23,26)(H2,21,24,27,28). The molecule has 0 spiro atoms. The van der Waals surface area contributed by atoms with Gasteiger partial charge in [0.1, 0.15) is 11.9 Å². The number of hydrogen-bond acceptors (Lipinski definition) is 5. The number of anilines is 1. The summed E-state index contributed by atoms with van der Waals surface area (Å²) in [4.78, 5) is 42.5. The van der Waals surface area contributed by atoms with Gasteiger partial charge in [0.2, 0.25) is 11.8 Å². The van der Waals surface area contributed by atoms with Crippen molar-refractivity contribution in [3.05, 3.63) is 58.7 Å². The molecule has 1 heterocycles. The number of rotatable bonds is 7. The summed E-state index contributed by atoms with van der Waals surface area (Å²) in [6, 6.07) is 11.0. The van der Waals surface area contributed by atoms with Crippen molar-refractivity contribution in [3.8, 4) is 0 Å². The summed E-state index contributed by atoms with van der Waals surface area (Å²) in [6.45, 7) is 2.08. The number of urea groups is 1. The summed E-state index contributed by atoms with van der Waals surface area (Å²) in [5, 5.41) is 7.51. The van der Waals surface area contributed by atoms with E-state index >= 15 is 0 Å². The van der Waals surface area contributed by atoms with Crippen molar-refractivity contribution in [2.24, 2.45) is 0 Å². The van der Waals surface area contributed by atoms with Crippen LogP contribution in [-0.2, 0) is 9.59 Å². The molecule has 148 valence electrons. The molecule has 1 unspecified atom stereocenters. The highest BCUT2D eigenvalue weighted by Gasteiger charge is 2.27. The number of carbonyl (C=O) groups excluding carboxylic acids is 3. The second kappa shape index (κ2) is 10.5. The van der Waals surface area contributed by atoms with Crippen LogP contribution in [0.3, 0.4) is 0 Å². The molecule has 0 aliphatic carbocycles. The molecular weight excluding hydrogens is 426 g/mol. The lowest BCUT2D eigenvalue weighted by Gasteiger charge is -2.26. The molecule has 0 bridgehead atoms. The summed E-state index contributed by atoms with van der Waals surface area (Å²) in [7, 11) is 1.64. The number of hydrogen-bond donors (Lipinski definition) is 3. The number of nitrogens with zero attached hydrogens (tertiary/aromatic N) is 2. The van der Waals surface area contributed by atoms with Gasteiger partial charge in [-0.05, 0) is 47.6 Å². The van der Waals surface area contributed by atoms with Gasteiger partial charge in [0.05, 0.1) is 6.54 Å². The molecule has 0 saturated heterocycles. The minimum Gasteiger partial charge on any atom is -0.338 e. The molecule has 0 aliphatic rings. The number of aromatic nitrogens is 1. The van der Waals surface area contributed by atoms with Gasteiger partial charge < -0.3 is 10.6 Å². The Bertz CT molecular complexity index is 814. The van der Waals surface area contributed by atoms with Crippen LogP contribution >= 0.6 is 15.9 Å². The number of benzene rings is 1. The Balaban J connectivity index is 2.10. The number of halogens is 1. The number of carbonyl (C=O) groups is 3. The van der Waals surface area contributed by atoms with Gasteiger partial charge in [0.15, 0.2) is 0 Å². The van der Waals surface area contributed by atoms with E-state index < -0.39 is 18.0 Å². The van der Waals surface area contributed by atoms with Gasteiger partial charge in [0, 0.05) is 17.2 Å². The van der Waals surface area contributed by atoms with Gasteiger partial charge >= 0.3 is 6.03 Å². The molecule has 28 heavy (non-hydrogen) atoms. The van der Waals surface area contributed by atoms with Crippen LogP contribution < -0.4 is 16.0 Å². The molecule has 0 aliphatic heterocycles. The zero-order valence-corrected chi connectivity index (χ0v) is 17.2. The van der Waals surface area contributed by atoms with E-state index in [-0.39, 0.29) is 12.5 Å². The van der Waals surface area contributed by atoms with E-state index in [2.05, 4.69) is 36.9 Å². The molecular formula is C19H22BrN5O3. The quantitative estimate of drug-likeness (QED) is 0.603. The van der Waals surface area contributed by atoms with Gasteiger partial charge in [-0.2, -0.15) is 0 Å². The number of imide groups is 1. The summed E-state index contributed by atoms with van der Waals surface area (Å²) in [6.07, 6.45) is 1.58. The second-order valence-electron chi connectivity index (χ2n) is 5.99. The predicted octanol–water partition coefficient (Wildman–Crippen LogP) is 2.30. The number of nitrogens with one attached hydrogen (secondary N) is 3. The topological polar surface area (TPSA) is 103 Å². The van der Waals surface area contributed by atoms with Gasteiger partial charge in [-0.25, -0.2) is 9.78 Å².